The average molecular weight is 1930 g/mol. The number of rotatable bonds is 13. The van der Waals surface area contributed by atoms with Crippen molar-refractivity contribution in [2.75, 3.05) is 266 Å². The van der Waals surface area contributed by atoms with Crippen molar-refractivity contribution >= 4 is 0 Å². The van der Waals surface area contributed by atoms with Crippen LogP contribution < -0.4 is 59.7 Å². The van der Waals surface area contributed by atoms with Gasteiger partial charge in [-0.25, -0.2) is 0 Å². The van der Waals surface area contributed by atoms with E-state index in [4.69, 9.17) is 17.2 Å². The minimum Gasteiger partial charge on any atom is -0.328 e. The number of nitrogens with two attached hydrogens (primary N) is 3. The van der Waals surface area contributed by atoms with Crippen molar-refractivity contribution in [3.05, 3.63) is 0 Å². The lowest BCUT2D eigenvalue weighted by atomic mass is 9.85. The molecule has 16 rings (SSSR count). The molecule has 4 saturated carbocycles. The number of hydrogen-bond acceptors (Lipinski definition) is 20. The summed E-state index contributed by atoms with van der Waals surface area (Å²) in [5, 5.41) is 26.7. The normalized spacial score (nSPS) is 29.4. The number of nitrogens with one attached hydrogen (secondary N) is 8. The maximum atomic E-state index is 5.75. The molecule has 4 atom stereocenters. The topological polar surface area (TPSA) is 203 Å². The largest absolute Gasteiger partial charge is 0.328 e. The van der Waals surface area contributed by atoms with Crippen molar-refractivity contribution in [1.29, 1.82) is 0 Å². The van der Waals surface area contributed by atoms with E-state index >= 15 is 0 Å². The molecule has 12 saturated heterocycles. The molecule has 4 aliphatic carbocycles. The van der Waals surface area contributed by atoms with Gasteiger partial charge in [-0.05, 0) is 503 Å². The lowest BCUT2D eigenvalue weighted by Gasteiger charge is -2.31. The molecule has 16 aliphatic rings. The molecule has 0 aromatic heterocycles. The third-order valence-electron chi connectivity index (χ3n) is 33.8. The Kier molecular flexibility index (Phi) is 88.6. The zero-order chi connectivity index (χ0) is 101. The van der Waals surface area contributed by atoms with Crippen LogP contribution >= 0.6 is 0 Å². The van der Waals surface area contributed by atoms with Gasteiger partial charge in [0.25, 0.3) is 0 Å². The fraction of sp³-hybridized carbons (Fsp3) is 1.00. The van der Waals surface area contributed by atoms with Gasteiger partial charge >= 0.3 is 0 Å². The highest BCUT2D eigenvalue weighted by Gasteiger charge is 2.24. The summed E-state index contributed by atoms with van der Waals surface area (Å²) >= 11 is 0. The molecule has 12 aliphatic heterocycles. The highest BCUT2D eigenvalue weighted by molar-refractivity contribution is 4.81. The van der Waals surface area contributed by atoms with Crippen LogP contribution in [0.1, 0.15) is 380 Å². The molecular weight excluding hydrogens is 1670 g/mol. The molecule has 0 aromatic rings. The van der Waals surface area contributed by atoms with Crippen LogP contribution in [-0.2, 0) is 0 Å². The van der Waals surface area contributed by atoms with Gasteiger partial charge in [-0.15, -0.1) is 0 Å². The second-order valence-electron chi connectivity index (χ2n) is 46.0. The Balaban J connectivity index is 0.000000726. The van der Waals surface area contributed by atoms with Crippen molar-refractivity contribution in [3.8, 4) is 0 Å². The number of likely N-dealkylation sites (N-methyl/N-ethyl adjacent to an activating group) is 3. The SMILES string of the molecule is CC1CCC(N)CC1.CC1CCN(C)CC1.CC1CCNCC1.CCC1CCC(N)CC1.CCC1CCC(NC)CC1.CCC1CCCN(C)C1.CCC1CCCNC1.CCC1CCN(C)CC1.CCC1CCNCC1.CCN1CCC(N)CC1.CCN1CCC(NC)CC1.CCN1CCN(C)CC1.CCN1CCNCC1.CNC1CCC(C)CC1.C[C@@H]1CCCN(C)C1.C[C@@H]1CCCNC1. The van der Waals surface area contributed by atoms with E-state index in [-0.39, 0.29) is 0 Å². The third-order valence-corrected chi connectivity index (χ3v) is 33.8. The molecule has 20 heteroatoms. The molecule has 0 bridgehead atoms. The monoisotopic (exact) mass is 1930 g/mol. The number of likely N-dealkylation sites (tertiary alicyclic amines) is 6. The fourth-order valence-electron chi connectivity index (χ4n) is 21.5. The molecule has 0 aromatic carbocycles. The molecule has 20 nitrogen and oxygen atoms in total. The second kappa shape index (κ2) is 90.5. The predicted octanol–water partition coefficient (Wildman–Crippen LogP) is 19.7. The number of piperidine rings is 10. The van der Waals surface area contributed by atoms with Gasteiger partial charge in [0.15, 0.2) is 0 Å². The first kappa shape index (κ1) is 133. The Morgan fingerprint density at radius 3 is 0.860 bits per heavy atom. The van der Waals surface area contributed by atoms with Gasteiger partial charge in [-0.3, -0.25) is 0 Å². The Morgan fingerprint density at radius 2 is 0.529 bits per heavy atom. The van der Waals surface area contributed by atoms with E-state index < -0.39 is 0 Å². The summed E-state index contributed by atoms with van der Waals surface area (Å²) in [7, 11) is 17.2. The van der Waals surface area contributed by atoms with E-state index in [9.17, 15) is 0 Å². The lowest BCUT2D eigenvalue weighted by Crippen LogP contribution is -2.44. The first-order chi connectivity index (χ1) is 65.6. The van der Waals surface area contributed by atoms with E-state index in [1.54, 1.807) is 0 Å². The molecule has 136 heavy (non-hydrogen) atoms. The number of nitrogens with zero attached hydrogens (tertiary/aromatic N) is 9. The molecule has 12 heterocycles. The van der Waals surface area contributed by atoms with Gasteiger partial charge in [-0.2, -0.15) is 0 Å². The highest BCUT2D eigenvalue weighted by atomic mass is 15.2. The third kappa shape index (κ3) is 75.8. The minimum atomic E-state index is 0.479. The van der Waals surface area contributed by atoms with Crippen LogP contribution in [0.2, 0.25) is 0 Å². The van der Waals surface area contributed by atoms with E-state index in [0.717, 1.165) is 89.1 Å². The van der Waals surface area contributed by atoms with Crippen molar-refractivity contribution < 1.29 is 0 Å². The van der Waals surface area contributed by atoms with E-state index in [0.29, 0.717) is 18.1 Å². The van der Waals surface area contributed by atoms with Crippen molar-refractivity contribution in [1.82, 2.24) is 86.6 Å². The average Bonchev–Trinajstić information content (AvgIpc) is 0.926. The summed E-state index contributed by atoms with van der Waals surface area (Å²) < 4.78 is 0. The van der Waals surface area contributed by atoms with Gasteiger partial charge in [0.1, 0.15) is 0 Å². The second-order valence-corrected chi connectivity index (χ2v) is 46.0. The minimum absolute atomic E-state index is 0.479. The van der Waals surface area contributed by atoms with Crippen molar-refractivity contribution in [3.63, 3.8) is 0 Å². The van der Waals surface area contributed by atoms with Crippen LogP contribution in [0.25, 0.3) is 0 Å². The lowest BCUT2D eigenvalue weighted by molar-refractivity contribution is 0.160. The summed E-state index contributed by atoms with van der Waals surface area (Å²) in [6, 6.07) is 3.94. The predicted molar refractivity (Wildman–Crippen MR) is 607 cm³/mol. The summed E-state index contributed by atoms with van der Waals surface area (Å²) in [4.78, 5) is 22.0. The van der Waals surface area contributed by atoms with E-state index in [1.165, 1.54) is 479 Å². The Labute approximate surface area is 852 Å². The van der Waals surface area contributed by atoms with Gasteiger partial charge in [0, 0.05) is 102 Å². The van der Waals surface area contributed by atoms with Crippen LogP contribution in [0.5, 0.6) is 0 Å². The summed E-state index contributed by atoms with van der Waals surface area (Å²) in [5.41, 5.74) is 17.2. The number of piperazine rings is 2. The maximum absolute atomic E-state index is 5.75. The van der Waals surface area contributed by atoms with E-state index in [2.05, 4.69) is 254 Å². The van der Waals surface area contributed by atoms with Crippen LogP contribution in [0.15, 0.2) is 0 Å². The number of hydrogen-bond donors (Lipinski definition) is 11. The molecular formula is C116H252N20. The van der Waals surface area contributed by atoms with Crippen LogP contribution in [0, 0.1) is 71.0 Å². The molecule has 2 unspecified atom stereocenters. The van der Waals surface area contributed by atoms with Gasteiger partial charge in [0.2, 0.25) is 0 Å². The molecule has 14 N–H and O–H groups in total. The fourth-order valence-corrected chi connectivity index (χ4v) is 21.5. The van der Waals surface area contributed by atoms with Crippen LogP contribution in [0.4, 0.5) is 0 Å². The smallest absolute Gasteiger partial charge is 0.0110 e. The molecule has 0 amide bonds. The van der Waals surface area contributed by atoms with Crippen molar-refractivity contribution in [2.45, 2.75) is 417 Å². The summed E-state index contributed by atoms with van der Waals surface area (Å²) in [6.45, 7) is 76.7. The maximum Gasteiger partial charge on any atom is 0.0110 e. The molecule has 816 valence electrons. The Hall–Kier alpha value is -0.800. The van der Waals surface area contributed by atoms with Crippen LogP contribution in [0.3, 0.4) is 0 Å². The van der Waals surface area contributed by atoms with E-state index in [1.807, 2.05) is 0 Å². The highest BCUT2D eigenvalue weighted by Crippen LogP contribution is 2.29. The first-order valence-electron chi connectivity index (χ1n) is 59.8. The Morgan fingerprint density at radius 1 is 0.213 bits per heavy atom. The van der Waals surface area contributed by atoms with Gasteiger partial charge < -0.3 is 104 Å². The van der Waals surface area contributed by atoms with Crippen molar-refractivity contribution in [2.24, 2.45) is 88.2 Å². The summed E-state index contributed by atoms with van der Waals surface area (Å²) in [6.07, 6.45) is 57.6. The van der Waals surface area contributed by atoms with Gasteiger partial charge in [0.05, 0.1) is 0 Å². The quantitative estimate of drug-likeness (QED) is 0.0830. The summed E-state index contributed by atoms with van der Waals surface area (Å²) in [5.74, 6) is 11.8. The van der Waals surface area contributed by atoms with Gasteiger partial charge in [-0.1, -0.05) is 149 Å². The van der Waals surface area contributed by atoms with Crippen LogP contribution in [-0.4, -0.2) is 346 Å². The Bertz CT molecular complexity index is 2090. The standard InChI is InChI=1S/C9H19N.C8H18N2.4C8H17N.2C7H16N2.5C7H15N.C6H14N2.2C6H13N/c1-3-8-4-6-9(10-2)7-5-8;1-3-10-6-4-8(9-2)5-7-10;1-7-3-5-8(9-2)6-4-7;1-3-8-4-6-9(2)7-5-8;1-3-8-5-4-6-9(2)7-8;1-2-7-3-5-8(9)6-4-7;1-3-9-6-4-8(2)5-7-9;1-2-9-5-3-7(8)4-6-9;1-7-3-5-8(2)6-4-7;1-7-4-3-5-8(2)6-7;1-6-2-4-7(8)5-3-6;1-2-7-3-5-8-6-4-7;1-2-7-4-3-5-8-6-7;1-2-8-5-3-7-4-6-8;1-6-2-4-7-5-3-6;1-6-3-2-4-7-5-6/h8-10H,3-7H2,1-2H3;8-9H,3-7H2,1-2H3;7-9H,3-6H2,1-2H3;2*8H,3-7H2,1-2H3;7-8H,2-6,9H2,1H3;3-7H2,1-2H3;7H,2-6,8H2,1H3;2*7H,3-6H2,1-2H3;6-7H,2-5,8H2,1H3;2*7-8H,2-6H2,1H3;7H,2-6H2,1H3;2*6-7H,2-5H2,1H3/t;;;;;;;;;7-;;;;;;6-/m.........1.....1/s1. The molecule has 16 fully saturated rings. The molecule has 0 radical (unpaired) electrons. The first-order valence-corrected chi connectivity index (χ1v) is 59.8. The zero-order valence-electron chi connectivity index (χ0n) is 96.5. The zero-order valence-corrected chi connectivity index (χ0v) is 96.5. The molecule has 0 spiro atoms.